The summed E-state index contributed by atoms with van der Waals surface area (Å²) in [6.07, 6.45) is 3.73. The Hall–Kier alpha value is 0.720. The van der Waals surface area contributed by atoms with Crippen LogP contribution in [0.3, 0.4) is 0 Å². The average molecular weight is 317 g/mol. The molecule has 0 aliphatic carbocycles. The van der Waals surface area contributed by atoms with Crippen molar-refractivity contribution in [1.29, 1.82) is 0 Å². The summed E-state index contributed by atoms with van der Waals surface area (Å²) in [6, 6.07) is 2.09. The van der Waals surface area contributed by atoms with Crippen LogP contribution in [0.25, 0.3) is 0 Å². The number of unbranched alkanes of at least 4 members (excludes halogenated alkanes) is 2. The van der Waals surface area contributed by atoms with Gasteiger partial charge in [0.1, 0.15) is 0 Å². The maximum atomic E-state index is 5.38. The van der Waals surface area contributed by atoms with Crippen molar-refractivity contribution in [2.75, 3.05) is 5.88 Å². The van der Waals surface area contributed by atoms with E-state index in [0.717, 1.165) is 5.88 Å². The molecule has 0 saturated carbocycles. The number of thiophene rings is 1. The van der Waals surface area contributed by atoms with Gasteiger partial charge in [0.05, 0.1) is 0 Å². The third-order valence-electron chi connectivity index (χ3n) is 1.22. The van der Waals surface area contributed by atoms with Crippen molar-refractivity contribution in [2.45, 2.75) is 26.2 Å². The largest absolute Gasteiger partial charge is 0.151 e. The van der Waals surface area contributed by atoms with Gasteiger partial charge in [0, 0.05) is 14.8 Å². The second-order valence-corrected chi connectivity index (χ2v) is 4.74. The van der Waals surface area contributed by atoms with Crippen LogP contribution in [0, 0.1) is 3.57 Å². The van der Waals surface area contributed by atoms with Gasteiger partial charge >= 0.3 is 0 Å². The highest BCUT2D eigenvalue weighted by molar-refractivity contribution is 14.1. The first-order chi connectivity index (χ1) is 5.81. The summed E-state index contributed by atoms with van der Waals surface area (Å²) in [5.41, 5.74) is 0. The Morgan fingerprint density at radius 2 is 2.25 bits per heavy atom. The molecule has 0 bridgehead atoms. The normalized spacial score (nSPS) is 8.92. The van der Waals surface area contributed by atoms with E-state index in [4.69, 9.17) is 11.6 Å². The van der Waals surface area contributed by atoms with E-state index in [9.17, 15) is 0 Å². The Labute approximate surface area is 97.5 Å². The van der Waals surface area contributed by atoms with Crippen LogP contribution in [-0.2, 0) is 0 Å². The minimum absolute atomic E-state index is 0.827. The van der Waals surface area contributed by atoms with E-state index in [0.29, 0.717) is 0 Å². The van der Waals surface area contributed by atoms with E-state index in [-0.39, 0.29) is 0 Å². The highest BCUT2D eigenvalue weighted by Crippen LogP contribution is 2.07. The van der Waals surface area contributed by atoms with E-state index in [1.54, 1.807) is 11.3 Å². The molecule has 0 aromatic carbocycles. The van der Waals surface area contributed by atoms with Crippen LogP contribution in [0.15, 0.2) is 16.8 Å². The van der Waals surface area contributed by atoms with Crippen molar-refractivity contribution in [3.8, 4) is 0 Å². The fourth-order valence-electron chi connectivity index (χ4n) is 0.592. The highest BCUT2D eigenvalue weighted by Gasteiger charge is 1.77. The molecule has 1 aromatic heterocycles. The van der Waals surface area contributed by atoms with Crippen molar-refractivity contribution in [2.24, 2.45) is 0 Å². The number of alkyl halides is 1. The van der Waals surface area contributed by atoms with Gasteiger partial charge < -0.3 is 0 Å². The summed E-state index contributed by atoms with van der Waals surface area (Å²) in [4.78, 5) is 0. The van der Waals surface area contributed by atoms with E-state index in [1.807, 2.05) is 0 Å². The van der Waals surface area contributed by atoms with Gasteiger partial charge in [-0.3, -0.25) is 0 Å². The van der Waals surface area contributed by atoms with E-state index in [1.165, 1.54) is 22.8 Å². The lowest BCUT2D eigenvalue weighted by Gasteiger charge is -1.84. The smallest absolute Gasteiger partial charge is 0.0237 e. The van der Waals surface area contributed by atoms with Crippen molar-refractivity contribution in [3.05, 3.63) is 20.4 Å². The molecule has 0 amide bonds. The number of hydrogen-bond donors (Lipinski definition) is 0. The molecule has 12 heavy (non-hydrogen) atoms. The SMILES string of the molecule is CCCCCCl.Ic1ccsc1. The molecule has 0 unspecified atom stereocenters. The first-order valence-electron chi connectivity index (χ1n) is 4.05. The lowest BCUT2D eigenvalue weighted by atomic mass is 10.3. The van der Waals surface area contributed by atoms with Crippen molar-refractivity contribution < 1.29 is 0 Å². The maximum Gasteiger partial charge on any atom is 0.0237 e. The van der Waals surface area contributed by atoms with E-state index >= 15 is 0 Å². The Balaban J connectivity index is 0.000000202. The van der Waals surface area contributed by atoms with Crippen molar-refractivity contribution in [1.82, 2.24) is 0 Å². The third-order valence-corrected chi connectivity index (χ3v) is 3.27. The van der Waals surface area contributed by atoms with Crippen molar-refractivity contribution >= 4 is 45.5 Å². The molecule has 0 aliphatic rings. The number of halogens is 2. The molecule has 0 nitrogen and oxygen atoms in total. The maximum absolute atomic E-state index is 5.38. The zero-order valence-electron chi connectivity index (χ0n) is 7.22. The van der Waals surface area contributed by atoms with E-state index in [2.05, 4.69) is 46.3 Å². The molecule has 1 rings (SSSR count). The van der Waals surface area contributed by atoms with E-state index < -0.39 is 0 Å². The summed E-state index contributed by atoms with van der Waals surface area (Å²) < 4.78 is 1.33. The fraction of sp³-hybridized carbons (Fsp3) is 0.556. The molecule has 0 aliphatic heterocycles. The fourth-order valence-corrected chi connectivity index (χ4v) is 2.16. The summed E-state index contributed by atoms with van der Waals surface area (Å²) in [6.45, 7) is 2.17. The minimum Gasteiger partial charge on any atom is -0.151 e. The zero-order valence-corrected chi connectivity index (χ0v) is 11.0. The van der Waals surface area contributed by atoms with Gasteiger partial charge in [0.25, 0.3) is 0 Å². The second-order valence-electron chi connectivity index (χ2n) is 2.34. The molecule has 0 fully saturated rings. The quantitative estimate of drug-likeness (QED) is 0.428. The molecule has 1 heterocycles. The Kier molecular flexibility index (Phi) is 10.4. The molecule has 0 radical (unpaired) electrons. The van der Waals surface area contributed by atoms with Crippen LogP contribution in [0.1, 0.15) is 26.2 Å². The van der Waals surface area contributed by atoms with Crippen LogP contribution < -0.4 is 0 Å². The molecular weight excluding hydrogens is 303 g/mol. The van der Waals surface area contributed by atoms with Gasteiger partial charge in [-0.25, -0.2) is 0 Å². The van der Waals surface area contributed by atoms with Crippen LogP contribution >= 0.6 is 45.5 Å². The van der Waals surface area contributed by atoms with Crippen LogP contribution in [0.2, 0.25) is 0 Å². The van der Waals surface area contributed by atoms with Gasteiger partial charge in [-0.2, -0.15) is 11.3 Å². The number of rotatable bonds is 3. The standard InChI is InChI=1S/C5H11Cl.C4H3IS/c1-2-3-4-5-6;5-4-1-2-6-3-4/h2-5H2,1H3;1-3H. The molecule has 0 N–H and O–H groups in total. The predicted molar refractivity (Wildman–Crippen MR) is 67.3 cm³/mol. The molecule has 3 heteroatoms. The Morgan fingerprint density at radius 1 is 1.50 bits per heavy atom. The zero-order chi connectivity index (χ0) is 9.23. The van der Waals surface area contributed by atoms with Crippen LogP contribution in [0.5, 0.6) is 0 Å². The molecule has 70 valence electrons. The van der Waals surface area contributed by atoms with Crippen LogP contribution in [-0.4, -0.2) is 5.88 Å². The molecule has 0 spiro atoms. The summed E-state index contributed by atoms with van der Waals surface area (Å²) in [5, 5.41) is 4.18. The lowest BCUT2D eigenvalue weighted by molar-refractivity contribution is 0.776. The van der Waals surface area contributed by atoms with Gasteiger partial charge in [0.2, 0.25) is 0 Å². The predicted octanol–water partition coefficient (Wildman–Crippen LogP) is 4.77. The van der Waals surface area contributed by atoms with Gasteiger partial charge in [-0.05, 0) is 40.5 Å². The van der Waals surface area contributed by atoms with Gasteiger partial charge in [0.15, 0.2) is 0 Å². The Bertz CT molecular complexity index is 159. The highest BCUT2D eigenvalue weighted by atomic mass is 127. The number of hydrogen-bond acceptors (Lipinski definition) is 1. The third kappa shape index (κ3) is 8.81. The molecule has 0 atom stereocenters. The molecule has 1 aromatic rings. The monoisotopic (exact) mass is 316 g/mol. The first kappa shape index (κ1) is 12.7. The topological polar surface area (TPSA) is 0 Å². The minimum atomic E-state index is 0.827. The van der Waals surface area contributed by atoms with Gasteiger partial charge in [-0.15, -0.1) is 11.6 Å². The summed E-state index contributed by atoms with van der Waals surface area (Å²) in [5.74, 6) is 0.827. The first-order valence-corrected chi connectivity index (χ1v) is 6.60. The van der Waals surface area contributed by atoms with Crippen LogP contribution in [0.4, 0.5) is 0 Å². The summed E-state index contributed by atoms with van der Waals surface area (Å²) in [7, 11) is 0. The van der Waals surface area contributed by atoms with Gasteiger partial charge in [-0.1, -0.05) is 19.8 Å². The second kappa shape index (κ2) is 9.81. The van der Waals surface area contributed by atoms with Crippen molar-refractivity contribution in [3.63, 3.8) is 0 Å². The summed E-state index contributed by atoms with van der Waals surface area (Å²) >= 11 is 9.40. The Morgan fingerprint density at radius 3 is 2.42 bits per heavy atom. The lowest BCUT2D eigenvalue weighted by Crippen LogP contribution is -1.70. The molecular formula is C9H14ClIS. The molecule has 0 saturated heterocycles. The average Bonchev–Trinajstić information content (AvgIpc) is 2.53.